The second-order valence-corrected chi connectivity index (χ2v) is 8.43. The molecule has 1 aliphatic rings. The molecule has 1 aliphatic heterocycles. The number of carbonyl (C=O) groups is 1. The van der Waals surface area contributed by atoms with E-state index in [2.05, 4.69) is 20.6 Å². The number of nitrogens with zero attached hydrogens (tertiary/aromatic N) is 4. The number of rotatable bonds is 7. The number of benzene rings is 1. The molecule has 0 aliphatic carbocycles. The maximum Gasteiger partial charge on any atom is 0.433 e. The van der Waals surface area contributed by atoms with Gasteiger partial charge in [0.1, 0.15) is 17.5 Å². The van der Waals surface area contributed by atoms with Crippen LogP contribution in [0.1, 0.15) is 23.7 Å². The monoisotopic (exact) mass is 545 g/mol. The summed E-state index contributed by atoms with van der Waals surface area (Å²) < 4.78 is 92.8. The number of aliphatic hydroxyl groups is 1. The maximum absolute atomic E-state index is 13.7. The molecular formula is C23H21F6N5O4. The molecule has 15 heteroatoms. The van der Waals surface area contributed by atoms with Gasteiger partial charge in [-0.15, -0.1) is 5.10 Å². The lowest BCUT2D eigenvalue weighted by Crippen LogP contribution is -2.54. The molecule has 3 heterocycles. The predicted octanol–water partition coefficient (Wildman–Crippen LogP) is 2.80. The van der Waals surface area contributed by atoms with Crippen molar-refractivity contribution in [3.8, 4) is 11.3 Å². The fourth-order valence-corrected chi connectivity index (χ4v) is 4.21. The lowest BCUT2D eigenvalue weighted by atomic mass is 9.94. The molecule has 204 valence electrons. The maximum atomic E-state index is 13.7. The van der Waals surface area contributed by atoms with Crippen LogP contribution >= 0.6 is 0 Å². The van der Waals surface area contributed by atoms with E-state index in [-0.39, 0.29) is 23.2 Å². The average molecular weight is 545 g/mol. The van der Waals surface area contributed by atoms with Crippen LogP contribution in [0.4, 0.5) is 26.3 Å². The predicted molar refractivity (Wildman–Crippen MR) is 117 cm³/mol. The number of methoxy groups -OCH3 is 1. The van der Waals surface area contributed by atoms with Crippen molar-refractivity contribution in [1.82, 2.24) is 25.3 Å². The van der Waals surface area contributed by atoms with Gasteiger partial charge in [0.25, 0.3) is 5.91 Å². The number of aromatic nitrogens is 4. The molecule has 0 radical (unpaired) electrons. The molecule has 4 atom stereocenters. The summed E-state index contributed by atoms with van der Waals surface area (Å²) in [6.07, 6.45) is -5.69. The van der Waals surface area contributed by atoms with Crippen molar-refractivity contribution in [2.24, 2.45) is 0 Å². The van der Waals surface area contributed by atoms with E-state index < -0.39 is 72.7 Å². The Labute approximate surface area is 211 Å². The van der Waals surface area contributed by atoms with Gasteiger partial charge in [-0.1, -0.05) is 11.3 Å². The normalized spacial score (nSPS) is 21.9. The summed E-state index contributed by atoms with van der Waals surface area (Å²) in [5, 5.41) is 19.9. The Hall–Kier alpha value is -3.56. The van der Waals surface area contributed by atoms with Crippen LogP contribution in [0.25, 0.3) is 11.3 Å². The lowest BCUT2D eigenvalue weighted by molar-refractivity contribution is -0.178. The third-order valence-electron chi connectivity index (χ3n) is 6.00. The number of alkyl halides is 3. The zero-order valence-electron chi connectivity index (χ0n) is 19.6. The van der Waals surface area contributed by atoms with Gasteiger partial charge in [-0.05, 0) is 18.2 Å². The second kappa shape index (κ2) is 11.0. The number of amides is 1. The minimum atomic E-state index is -4.73. The van der Waals surface area contributed by atoms with Crippen molar-refractivity contribution < 1.29 is 45.7 Å². The van der Waals surface area contributed by atoms with Crippen LogP contribution < -0.4 is 5.32 Å². The van der Waals surface area contributed by atoms with Crippen LogP contribution in [0.5, 0.6) is 0 Å². The summed E-state index contributed by atoms with van der Waals surface area (Å²) >= 11 is 0. The number of pyridine rings is 1. The van der Waals surface area contributed by atoms with Crippen LogP contribution in [-0.4, -0.2) is 63.0 Å². The molecule has 4 unspecified atom stereocenters. The highest BCUT2D eigenvalue weighted by atomic mass is 19.4. The lowest BCUT2D eigenvalue weighted by Gasteiger charge is -2.39. The van der Waals surface area contributed by atoms with Crippen LogP contribution in [0.15, 0.2) is 36.7 Å². The highest BCUT2D eigenvalue weighted by Crippen LogP contribution is 2.33. The molecule has 4 rings (SSSR count). The molecule has 2 aromatic heterocycles. The van der Waals surface area contributed by atoms with Crippen LogP contribution in [0.2, 0.25) is 0 Å². The summed E-state index contributed by atoms with van der Waals surface area (Å²) in [4.78, 5) is 16.4. The summed E-state index contributed by atoms with van der Waals surface area (Å²) in [5.74, 6) is -5.30. The zero-order chi connectivity index (χ0) is 27.6. The Kier molecular flexibility index (Phi) is 7.99. The third kappa shape index (κ3) is 5.63. The third-order valence-corrected chi connectivity index (χ3v) is 6.00. The summed E-state index contributed by atoms with van der Waals surface area (Å²) in [7, 11) is 1.27. The van der Waals surface area contributed by atoms with Gasteiger partial charge in [0.2, 0.25) is 0 Å². The Morgan fingerprint density at radius 1 is 1.26 bits per heavy atom. The number of hydrogen-bond acceptors (Lipinski definition) is 7. The topological polar surface area (TPSA) is 111 Å². The quantitative estimate of drug-likeness (QED) is 0.347. The average Bonchev–Trinajstić information content (AvgIpc) is 3.39. The summed E-state index contributed by atoms with van der Waals surface area (Å²) in [5.41, 5.74) is -1.53. The van der Waals surface area contributed by atoms with Gasteiger partial charge in [0.05, 0.1) is 24.9 Å². The minimum absolute atomic E-state index is 0.0121. The first kappa shape index (κ1) is 27.5. The Bertz CT molecular complexity index is 1280. The molecule has 1 saturated heterocycles. The van der Waals surface area contributed by atoms with Crippen molar-refractivity contribution in [1.29, 1.82) is 0 Å². The van der Waals surface area contributed by atoms with Crippen LogP contribution in [0.3, 0.4) is 0 Å². The zero-order valence-corrected chi connectivity index (χ0v) is 19.6. The Morgan fingerprint density at radius 2 is 1.97 bits per heavy atom. The molecule has 38 heavy (non-hydrogen) atoms. The standard InChI is InChI=1S/C23H21F6N5O4/c1-37-19-17(34-9-16(32-33-34)12-5-14(24)18(26)15(25)6-12)7-13(10-35)38-20(19)22(36)31-8-11-3-2-4-30-21(11)23(27,28)29/h2-6,9,13,17,19-20,35H,7-8,10H2,1H3,(H,31,36). The van der Waals surface area contributed by atoms with Gasteiger partial charge in [0, 0.05) is 37.4 Å². The molecule has 0 spiro atoms. The molecule has 0 saturated carbocycles. The SMILES string of the molecule is COC1C(C(=O)NCc2cccnc2C(F)(F)F)OC(CO)CC1n1cc(-c2cc(F)c(F)c(F)c2)nn1. The first-order valence-corrected chi connectivity index (χ1v) is 11.2. The van der Waals surface area contributed by atoms with Crippen molar-refractivity contribution in [3.05, 3.63) is 65.4 Å². The molecular weight excluding hydrogens is 524 g/mol. The van der Waals surface area contributed by atoms with Gasteiger partial charge >= 0.3 is 6.18 Å². The van der Waals surface area contributed by atoms with E-state index in [0.717, 1.165) is 18.3 Å². The van der Waals surface area contributed by atoms with E-state index in [9.17, 15) is 36.2 Å². The second-order valence-electron chi connectivity index (χ2n) is 8.43. The smallest absolute Gasteiger partial charge is 0.394 e. The Balaban J connectivity index is 1.56. The molecule has 1 amide bonds. The fraction of sp³-hybridized carbons (Fsp3) is 0.391. The Morgan fingerprint density at radius 3 is 2.61 bits per heavy atom. The van der Waals surface area contributed by atoms with Gasteiger partial charge in [0.15, 0.2) is 23.6 Å². The van der Waals surface area contributed by atoms with Crippen molar-refractivity contribution in [2.45, 2.75) is 43.5 Å². The molecule has 9 nitrogen and oxygen atoms in total. The highest BCUT2D eigenvalue weighted by Gasteiger charge is 2.44. The van der Waals surface area contributed by atoms with Crippen LogP contribution in [0, 0.1) is 17.5 Å². The van der Waals surface area contributed by atoms with E-state index in [1.807, 2.05) is 0 Å². The molecule has 3 aromatic rings. The first-order valence-electron chi connectivity index (χ1n) is 11.2. The largest absolute Gasteiger partial charge is 0.433 e. The molecule has 1 aromatic carbocycles. The highest BCUT2D eigenvalue weighted by molar-refractivity contribution is 5.81. The number of carbonyl (C=O) groups excluding carboxylic acids is 1. The first-order chi connectivity index (χ1) is 18.0. The number of ether oxygens (including phenoxy) is 2. The number of hydrogen-bond donors (Lipinski definition) is 2. The summed E-state index contributed by atoms with van der Waals surface area (Å²) in [6.45, 7) is -1.02. The molecule has 1 fully saturated rings. The van der Waals surface area contributed by atoms with Crippen LogP contribution in [-0.2, 0) is 27.0 Å². The van der Waals surface area contributed by atoms with E-state index >= 15 is 0 Å². The van der Waals surface area contributed by atoms with Crippen molar-refractivity contribution in [3.63, 3.8) is 0 Å². The number of halogens is 6. The van der Waals surface area contributed by atoms with Crippen molar-refractivity contribution >= 4 is 5.91 Å². The number of aliphatic hydroxyl groups excluding tert-OH is 1. The fourth-order valence-electron chi connectivity index (χ4n) is 4.21. The van der Waals surface area contributed by atoms with E-state index in [1.165, 1.54) is 30.1 Å². The van der Waals surface area contributed by atoms with E-state index in [0.29, 0.717) is 0 Å². The molecule has 0 bridgehead atoms. The number of nitrogens with one attached hydrogen (secondary N) is 1. The summed E-state index contributed by atoms with van der Waals surface area (Å²) in [6, 6.07) is 3.16. The molecule has 2 N–H and O–H groups in total. The van der Waals surface area contributed by atoms with Crippen molar-refractivity contribution in [2.75, 3.05) is 13.7 Å². The van der Waals surface area contributed by atoms with Gasteiger partial charge in [-0.2, -0.15) is 13.2 Å². The van der Waals surface area contributed by atoms with E-state index in [1.54, 1.807) is 0 Å². The van der Waals surface area contributed by atoms with Gasteiger partial charge in [-0.3, -0.25) is 9.78 Å². The van der Waals surface area contributed by atoms with Gasteiger partial charge in [-0.25, -0.2) is 17.9 Å². The van der Waals surface area contributed by atoms with Gasteiger partial charge < -0.3 is 19.9 Å². The van der Waals surface area contributed by atoms with E-state index in [4.69, 9.17) is 9.47 Å². The minimum Gasteiger partial charge on any atom is -0.394 e.